The minimum atomic E-state index is 0.749. The van der Waals surface area contributed by atoms with Crippen molar-refractivity contribution in [2.75, 3.05) is 29.9 Å². The highest BCUT2D eigenvalue weighted by Crippen LogP contribution is 2.19. The average molecular weight is 329 g/mol. The largest absolute Gasteiger partial charge is 0.380 e. The van der Waals surface area contributed by atoms with Crippen LogP contribution in [0.15, 0.2) is 35.7 Å². The summed E-state index contributed by atoms with van der Waals surface area (Å²) in [5.41, 5.74) is 3.26. The van der Waals surface area contributed by atoms with Crippen LogP contribution in [0, 0.1) is 11.3 Å². The lowest BCUT2D eigenvalue weighted by Gasteiger charge is -2.26. The summed E-state index contributed by atoms with van der Waals surface area (Å²) in [5.74, 6) is 2.50. The molecule has 2 aromatic rings. The Balaban J connectivity index is 1.57. The predicted octanol–water partition coefficient (Wildman–Crippen LogP) is 3.78. The van der Waals surface area contributed by atoms with Crippen molar-refractivity contribution in [2.24, 2.45) is 0 Å². The molecule has 0 unspecified atom stereocenters. The highest BCUT2D eigenvalue weighted by molar-refractivity contribution is 7.99. The van der Waals surface area contributed by atoms with Gasteiger partial charge in [-0.1, -0.05) is 12.1 Å². The van der Waals surface area contributed by atoms with Crippen molar-refractivity contribution in [1.82, 2.24) is 4.90 Å². The smallest absolute Gasteiger partial charge is 0.100 e. The normalized spacial score (nSPS) is 15.4. The summed E-state index contributed by atoms with van der Waals surface area (Å²) in [6.07, 6.45) is 0. The van der Waals surface area contributed by atoms with Crippen LogP contribution in [0.1, 0.15) is 16.0 Å². The number of rotatable bonds is 5. The third-order valence-corrected chi connectivity index (χ3v) is 5.57. The molecule has 1 N–H and O–H groups in total. The minimum Gasteiger partial charge on any atom is -0.380 e. The van der Waals surface area contributed by atoms with Crippen molar-refractivity contribution < 1.29 is 0 Å². The Kier molecular flexibility index (Phi) is 5.38. The van der Waals surface area contributed by atoms with Gasteiger partial charge in [-0.3, -0.25) is 4.90 Å². The summed E-state index contributed by atoms with van der Waals surface area (Å²) < 4.78 is 0. The maximum Gasteiger partial charge on any atom is 0.100 e. The quantitative estimate of drug-likeness (QED) is 0.906. The number of hydrogen-bond donors (Lipinski definition) is 1. The van der Waals surface area contributed by atoms with Gasteiger partial charge in [0, 0.05) is 53.6 Å². The summed E-state index contributed by atoms with van der Waals surface area (Å²) in [6.45, 7) is 4.19. The Morgan fingerprint density at radius 3 is 2.86 bits per heavy atom. The van der Waals surface area contributed by atoms with Gasteiger partial charge in [0.25, 0.3) is 0 Å². The van der Waals surface area contributed by atoms with Crippen LogP contribution in [0.4, 0.5) is 5.69 Å². The van der Waals surface area contributed by atoms with Crippen molar-refractivity contribution in [3.63, 3.8) is 0 Å². The second-order valence-electron chi connectivity index (χ2n) is 5.36. The zero-order valence-electron chi connectivity index (χ0n) is 12.4. The molecular weight excluding hydrogens is 310 g/mol. The van der Waals surface area contributed by atoms with E-state index in [1.54, 1.807) is 11.3 Å². The number of benzene rings is 1. The number of nitrogens with one attached hydrogen (secondary N) is 1. The Labute approximate surface area is 140 Å². The van der Waals surface area contributed by atoms with Crippen LogP contribution in [0.2, 0.25) is 0 Å². The number of nitriles is 1. The maximum absolute atomic E-state index is 8.86. The molecule has 1 aromatic carbocycles. The zero-order chi connectivity index (χ0) is 15.2. The molecule has 114 valence electrons. The molecular formula is C17H19N3S2. The summed E-state index contributed by atoms with van der Waals surface area (Å²) in [7, 11) is 0. The Morgan fingerprint density at radius 2 is 2.09 bits per heavy atom. The zero-order valence-corrected chi connectivity index (χ0v) is 14.1. The lowest BCUT2D eigenvalue weighted by Crippen LogP contribution is -2.31. The molecule has 1 saturated heterocycles. The van der Waals surface area contributed by atoms with E-state index in [0.717, 1.165) is 24.3 Å². The van der Waals surface area contributed by atoms with Gasteiger partial charge < -0.3 is 5.32 Å². The average Bonchev–Trinajstić information content (AvgIpc) is 3.02. The highest BCUT2D eigenvalue weighted by atomic mass is 32.2. The molecule has 3 rings (SSSR count). The van der Waals surface area contributed by atoms with E-state index in [0.29, 0.717) is 0 Å². The number of thiophene rings is 1. The second kappa shape index (κ2) is 7.68. The molecule has 3 nitrogen and oxygen atoms in total. The van der Waals surface area contributed by atoms with Crippen LogP contribution in [0.5, 0.6) is 0 Å². The molecule has 1 aliphatic heterocycles. The van der Waals surface area contributed by atoms with Gasteiger partial charge in [0.1, 0.15) is 6.07 Å². The van der Waals surface area contributed by atoms with Gasteiger partial charge in [-0.15, -0.1) is 11.3 Å². The molecule has 0 saturated carbocycles. The van der Waals surface area contributed by atoms with Crippen molar-refractivity contribution in [2.45, 2.75) is 13.1 Å². The molecule has 0 radical (unpaired) electrons. The standard InChI is InChI=1S/C17H19N3S2/c18-10-15-9-17(22-13-15)11-19-16-3-1-2-14(8-16)12-20-4-6-21-7-5-20/h1-3,8-9,13,19H,4-7,11-12H2. The van der Waals surface area contributed by atoms with Gasteiger partial charge in [-0.2, -0.15) is 17.0 Å². The molecule has 1 aromatic heterocycles. The van der Waals surface area contributed by atoms with Crippen LogP contribution in [0.25, 0.3) is 0 Å². The summed E-state index contributed by atoms with van der Waals surface area (Å²) in [5, 5.41) is 14.2. The molecule has 0 amide bonds. The van der Waals surface area contributed by atoms with E-state index in [9.17, 15) is 0 Å². The van der Waals surface area contributed by atoms with E-state index in [2.05, 4.69) is 40.6 Å². The van der Waals surface area contributed by atoms with Crippen LogP contribution >= 0.6 is 23.1 Å². The van der Waals surface area contributed by atoms with E-state index in [4.69, 9.17) is 5.26 Å². The first-order valence-electron chi connectivity index (χ1n) is 7.44. The Morgan fingerprint density at radius 1 is 1.23 bits per heavy atom. The third-order valence-electron chi connectivity index (χ3n) is 3.69. The van der Waals surface area contributed by atoms with Crippen molar-refractivity contribution in [1.29, 1.82) is 5.26 Å². The van der Waals surface area contributed by atoms with Crippen molar-refractivity contribution in [3.05, 3.63) is 51.7 Å². The molecule has 22 heavy (non-hydrogen) atoms. The second-order valence-corrected chi connectivity index (χ2v) is 7.58. The monoisotopic (exact) mass is 329 g/mol. The first-order valence-corrected chi connectivity index (χ1v) is 9.47. The number of hydrogen-bond acceptors (Lipinski definition) is 5. The van der Waals surface area contributed by atoms with E-state index in [-0.39, 0.29) is 0 Å². The van der Waals surface area contributed by atoms with Crippen LogP contribution in [0.3, 0.4) is 0 Å². The van der Waals surface area contributed by atoms with E-state index >= 15 is 0 Å². The first-order chi connectivity index (χ1) is 10.8. The lowest BCUT2D eigenvalue weighted by molar-refractivity contribution is 0.294. The fourth-order valence-electron chi connectivity index (χ4n) is 2.52. The molecule has 0 atom stereocenters. The van der Waals surface area contributed by atoms with Gasteiger partial charge in [-0.05, 0) is 23.8 Å². The summed E-state index contributed by atoms with van der Waals surface area (Å²) >= 11 is 3.68. The van der Waals surface area contributed by atoms with Gasteiger partial charge >= 0.3 is 0 Å². The summed E-state index contributed by atoms with van der Waals surface area (Å²) in [6, 6.07) is 12.8. The minimum absolute atomic E-state index is 0.749. The first kappa shape index (κ1) is 15.4. The van der Waals surface area contributed by atoms with Crippen LogP contribution in [-0.4, -0.2) is 29.5 Å². The van der Waals surface area contributed by atoms with Crippen LogP contribution < -0.4 is 5.32 Å². The Bertz CT molecular complexity index is 654. The van der Waals surface area contributed by atoms with E-state index in [1.807, 2.05) is 23.2 Å². The van der Waals surface area contributed by atoms with E-state index < -0.39 is 0 Å². The lowest BCUT2D eigenvalue weighted by atomic mass is 10.2. The third kappa shape index (κ3) is 4.26. The molecule has 1 fully saturated rings. The summed E-state index contributed by atoms with van der Waals surface area (Å²) in [4.78, 5) is 3.71. The molecule has 1 aliphatic rings. The van der Waals surface area contributed by atoms with Gasteiger partial charge in [0.2, 0.25) is 0 Å². The van der Waals surface area contributed by atoms with Crippen LogP contribution in [-0.2, 0) is 13.1 Å². The molecule has 0 bridgehead atoms. The molecule has 0 aliphatic carbocycles. The van der Waals surface area contributed by atoms with Gasteiger partial charge in [-0.25, -0.2) is 0 Å². The molecule has 5 heteroatoms. The number of thioether (sulfide) groups is 1. The SMILES string of the molecule is N#Cc1csc(CNc2cccc(CN3CCSCC3)c2)c1. The van der Waals surface area contributed by atoms with Gasteiger partial charge in [0.15, 0.2) is 0 Å². The Hall–Kier alpha value is -1.48. The fraction of sp³-hybridized carbons (Fsp3) is 0.353. The predicted molar refractivity (Wildman–Crippen MR) is 95.4 cm³/mol. The highest BCUT2D eigenvalue weighted by Gasteiger charge is 2.10. The topological polar surface area (TPSA) is 39.1 Å². The molecule has 2 heterocycles. The van der Waals surface area contributed by atoms with Crippen molar-refractivity contribution >= 4 is 28.8 Å². The maximum atomic E-state index is 8.86. The van der Waals surface area contributed by atoms with Crippen molar-refractivity contribution in [3.8, 4) is 6.07 Å². The fourth-order valence-corrected chi connectivity index (χ4v) is 4.25. The van der Waals surface area contributed by atoms with E-state index in [1.165, 1.54) is 35.0 Å². The molecule has 0 spiro atoms. The number of nitrogens with zero attached hydrogens (tertiary/aromatic N) is 2. The number of anilines is 1. The van der Waals surface area contributed by atoms with Gasteiger partial charge in [0.05, 0.1) is 5.56 Å².